The molecule has 1 aromatic heterocycles. The third-order valence-corrected chi connectivity index (χ3v) is 4.72. The van der Waals surface area contributed by atoms with E-state index in [1.807, 2.05) is 34.9 Å². The van der Waals surface area contributed by atoms with Crippen molar-refractivity contribution in [2.45, 2.75) is 13.0 Å². The van der Waals surface area contributed by atoms with Crippen molar-refractivity contribution in [1.29, 1.82) is 0 Å². The van der Waals surface area contributed by atoms with Crippen molar-refractivity contribution < 1.29 is 30.5 Å². The molecule has 0 radical (unpaired) electrons. The lowest BCUT2D eigenvalue weighted by Gasteiger charge is -2.10. The zero-order valence-electron chi connectivity index (χ0n) is 12.4. The van der Waals surface area contributed by atoms with Crippen LogP contribution in [0.4, 0.5) is 11.4 Å². The van der Waals surface area contributed by atoms with Gasteiger partial charge in [-0.2, -0.15) is 0 Å². The molecule has 0 aliphatic carbocycles. The first kappa shape index (κ1) is 19.4. The first-order valence-corrected chi connectivity index (χ1v) is 8.59. The van der Waals surface area contributed by atoms with Gasteiger partial charge in [-0.3, -0.25) is 4.72 Å². The quantitative estimate of drug-likeness (QED) is 0.309. The highest BCUT2D eigenvalue weighted by atomic mass is 35.5. The van der Waals surface area contributed by atoms with Crippen LogP contribution in [0, 0.1) is 0 Å². The topological polar surface area (TPSA) is 101 Å². The fourth-order valence-electron chi connectivity index (χ4n) is 1.95. The summed E-state index contributed by atoms with van der Waals surface area (Å²) in [6.07, 6.45) is 6.05. The Morgan fingerprint density at radius 2 is 2.13 bits per heavy atom. The van der Waals surface area contributed by atoms with E-state index in [1.54, 1.807) is 0 Å². The first-order chi connectivity index (χ1) is 10.3. The molecule has 2 rings (SSSR count). The van der Waals surface area contributed by atoms with E-state index in [2.05, 4.69) is 4.72 Å². The summed E-state index contributed by atoms with van der Waals surface area (Å²) >= 11 is 5.82. The molecule has 0 unspecified atom stereocenters. The Morgan fingerprint density at radius 3 is 2.74 bits per heavy atom. The molecule has 0 saturated heterocycles. The highest BCUT2D eigenvalue weighted by Crippen LogP contribution is 2.32. The SMILES string of the molecule is C[n+]1ccn(CCCS(=O)(=O)Nc2cc(Cl)c(N)cc2O)c1.[Cl-]. The average molecular weight is 381 g/mol. The van der Waals surface area contributed by atoms with E-state index < -0.39 is 10.0 Å². The third kappa shape index (κ3) is 5.49. The molecule has 2 aromatic rings. The van der Waals surface area contributed by atoms with Crippen molar-refractivity contribution in [2.75, 3.05) is 16.2 Å². The fourth-order valence-corrected chi connectivity index (χ4v) is 3.22. The molecule has 0 aliphatic heterocycles. The number of aromatic nitrogens is 2. The molecule has 0 atom stereocenters. The fraction of sp³-hybridized carbons (Fsp3) is 0.308. The number of sulfonamides is 1. The summed E-state index contributed by atoms with van der Waals surface area (Å²) in [5, 5.41) is 9.89. The minimum absolute atomic E-state index is 0. The molecular formula is C13H18Cl2N4O3S. The predicted molar refractivity (Wildman–Crippen MR) is 85.2 cm³/mol. The maximum Gasteiger partial charge on any atom is 0.243 e. The molecule has 128 valence electrons. The largest absolute Gasteiger partial charge is 1.00 e. The summed E-state index contributed by atoms with van der Waals surface area (Å²) in [6, 6.07) is 2.50. The minimum Gasteiger partial charge on any atom is -1.00 e. The number of anilines is 2. The maximum atomic E-state index is 12.0. The second-order valence-corrected chi connectivity index (χ2v) is 7.23. The Labute approximate surface area is 146 Å². The van der Waals surface area contributed by atoms with Gasteiger partial charge in [-0.1, -0.05) is 11.6 Å². The number of phenols is 1. The average Bonchev–Trinajstić information content (AvgIpc) is 2.81. The van der Waals surface area contributed by atoms with Crippen molar-refractivity contribution in [3.63, 3.8) is 0 Å². The number of nitrogen functional groups attached to an aromatic ring is 1. The van der Waals surface area contributed by atoms with Gasteiger partial charge in [-0.25, -0.2) is 17.6 Å². The highest BCUT2D eigenvalue weighted by Gasteiger charge is 2.15. The van der Waals surface area contributed by atoms with Gasteiger partial charge in [0.2, 0.25) is 16.4 Å². The van der Waals surface area contributed by atoms with Crippen LogP contribution in [0.2, 0.25) is 5.02 Å². The number of halogens is 2. The predicted octanol–water partition coefficient (Wildman–Crippen LogP) is -1.91. The summed E-state index contributed by atoms with van der Waals surface area (Å²) < 4.78 is 30.2. The normalized spacial score (nSPS) is 11.0. The summed E-state index contributed by atoms with van der Waals surface area (Å²) in [6.45, 7) is 0.580. The molecule has 0 amide bonds. The number of nitrogens with one attached hydrogen (secondary N) is 1. The molecule has 1 heterocycles. The number of benzene rings is 1. The van der Waals surface area contributed by atoms with Crippen LogP contribution in [0.5, 0.6) is 5.75 Å². The number of rotatable bonds is 6. The van der Waals surface area contributed by atoms with Gasteiger partial charge in [0.15, 0.2) is 0 Å². The van der Waals surface area contributed by atoms with E-state index in [0.717, 1.165) is 0 Å². The van der Waals surface area contributed by atoms with Crippen molar-refractivity contribution >= 4 is 33.0 Å². The minimum atomic E-state index is -3.58. The Morgan fingerprint density at radius 1 is 1.43 bits per heavy atom. The lowest BCUT2D eigenvalue weighted by Crippen LogP contribution is -3.00. The smallest absolute Gasteiger partial charge is 0.243 e. The van der Waals surface area contributed by atoms with Crippen LogP contribution in [-0.4, -0.2) is 23.8 Å². The lowest BCUT2D eigenvalue weighted by atomic mass is 10.2. The molecule has 7 nitrogen and oxygen atoms in total. The summed E-state index contributed by atoms with van der Waals surface area (Å²) in [5.74, 6) is -0.334. The number of aromatic hydroxyl groups is 1. The third-order valence-electron chi connectivity index (χ3n) is 3.03. The second kappa shape index (κ2) is 7.76. The molecule has 0 bridgehead atoms. The van der Waals surface area contributed by atoms with E-state index in [0.29, 0.717) is 13.0 Å². The van der Waals surface area contributed by atoms with Gasteiger partial charge in [0.1, 0.15) is 18.1 Å². The van der Waals surface area contributed by atoms with Crippen LogP contribution in [0.25, 0.3) is 0 Å². The molecule has 0 aliphatic rings. The zero-order chi connectivity index (χ0) is 16.3. The molecule has 4 N–H and O–H groups in total. The van der Waals surface area contributed by atoms with E-state index in [1.165, 1.54) is 12.1 Å². The number of phenolic OH excluding ortho intramolecular Hbond substituents is 1. The number of aryl methyl sites for hydroxylation is 2. The van der Waals surface area contributed by atoms with E-state index in [9.17, 15) is 13.5 Å². The molecular weight excluding hydrogens is 363 g/mol. The Hall–Kier alpha value is -1.64. The van der Waals surface area contributed by atoms with Gasteiger partial charge >= 0.3 is 0 Å². The van der Waals surface area contributed by atoms with Crippen molar-refractivity contribution in [3.05, 3.63) is 35.9 Å². The number of nitrogens with zero attached hydrogens (tertiary/aromatic N) is 2. The molecule has 23 heavy (non-hydrogen) atoms. The number of hydrogen-bond acceptors (Lipinski definition) is 4. The highest BCUT2D eigenvalue weighted by molar-refractivity contribution is 7.92. The number of nitrogens with two attached hydrogens (primary N) is 1. The molecule has 0 spiro atoms. The van der Waals surface area contributed by atoms with Crippen LogP contribution >= 0.6 is 11.6 Å². The van der Waals surface area contributed by atoms with Gasteiger partial charge in [-0.15, -0.1) is 0 Å². The van der Waals surface area contributed by atoms with E-state index in [-0.39, 0.29) is 40.3 Å². The molecule has 0 saturated carbocycles. The maximum absolute atomic E-state index is 12.0. The van der Waals surface area contributed by atoms with Crippen LogP contribution in [-0.2, 0) is 23.6 Å². The number of hydrogen-bond donors (Lipinski definition) is 3. The molecule has 0 fully saturated rings. The second-order valence-electron chi connectivity index (χ2n) is 4.98. The number of imidazole rings is 1. The van der Waals surface area contributed by atoms with Crippen molar-refractivity contribution in [2.24, 2.45) is 7.05 Å². The van der Waals surface area contributed by atoms with Gasteiger partial charge in [0, 0.05) is 12.5 Å². The summed E-state index contributed by atoms with van der Waals surface area (Å²) in [5.41, 5.74) is 5.73. The van der Waals surface area contributed by atoms with Crippen molar-refractivity contribution in [1.82, 2.24) is 4.57 Å². The molecule has 10 heteroatoms. The lowest BCUT2D eigenvalue weighted by molar-refractivity contribution is -0.671. The van der Waals surface area contributed by atoms with Crippen LogP contribution in [0.15, 0.2) is 30.9 Å². The van der Waals surface area contributed by atoms with Gasteiger partial charge in [0.25, 0.3) is 0 Å². The Kier molecular flexibility index (Phi) is 6.55. The van der Waals surface area contributed by atoms with E-state index in [4.69, 9.17) is 17.3 Å². The monoisotopic (exact) mass is 380 g/mol. The van der Waals surface area contributed by atoms with Crippen LogP contribution in [0.3, 0.4) is 0 Å². The Balaban J connectivity index is 0.00000264. The van der Waals surface area contributed by atoms with Crippen LogP contribution in [0.1, 0.15) is 6.42 Å². The van der Waals surface area contributed by atoms with E-state index >= 15 is 0 Å². The summed E-state index contributed by atoms with van der Waals surface area (Å²) in [7, 11) is -1.69. The molecule has 1 aromatic carbocycles. The van der Waals surface area contributed by atoms with Gasteiger partial charge < -0.3 is 23.2 Å². The van der Waals surface area contributed by atoms with Crippen molar-refractivity contribution in [3.8, 4) is 5.75 Å². The first-order valence-electron chi connectivity index (χ1n) is 6.56. The standard InChI is InChI=1S/C13H17ClN4O3S.ClH/c1-17-4-5-18(9-17)3-2-6-22(20,21)16-12-7-10(14)11(15)8-13(12)19;/h4-5,7-9,16H,2-3,6,15H2,1H3;1H. The van der Waals surface area contributed by atoms with Crippen LogP contribution < -0.4 is 27.4 Å². The zero-order valence-corrected chi connectivity index (χ0v) is 14.7. The van der Waals surface area contributed by atoms with Gasteiger partial charge in [-0.05, 0) is 6.07 Å². The summed E-state index contributed by atoms with van der Waals surface area (Å²) in [4.78, 5) is 0. The van der Waals surface area contributed by atoms with Gasteiger partial charge in [0.05, 0.1) is 35.7 Å². The Bertz CT molecular complexity index is 778.